The molecule has 0 radical (unpaired) electrons. The molecule has 0 atom stereocenters. The van der Waals surface area contributed by atoms with Gasteiger partial charge in [0.05, 0.1) is 16.2 Å². The molecule has 0 bridgehead atoms. The first kappa shape index (κ1) is 21.6. The Hall–Kier alpha value is -3.12. The van der Waals surface area contributed by atoms with Gasteiger partial charge in [-0.2, -0.15) is 5.26 Å². The maximum Gasteiger partial charge on any atom is 0.292 e. The van der Waals surface area contributed by atoms with Gasteiger partial charge >= 0.3 is 0 Å². The van der Waals surface area contributed by atoms with E-state index in [0.717, 1.165) is 16.8 Å². The highest BCUT2D eigenvalue weighted by Crippen LogP contribution is 2.29. The zero-order valence-corrected chi connectivity index (χ0v) is 18.0. The van der Waals surface area contributed by atoms with Gasteiger partial charge in [-0.1, -0.05) is 23.9 Å². The van der Waals surface area contributed by atoms with Crippen LogP contribution in [0.5, 0.6) is 0 Å². The molecule has 0 unspecified atom stereocenters. The number of pyridine rings is 1. The average molecular weight is 426 g/mol. The molecule has 8 nitrogen and oxygen atoms in total. The summed E-state index contributed by atoms with van der Waals surface area (Å²) in [6.07, 6.45) is 0. The van der Waals surface area contributed by atoms with Crippen molar-refractivity contribution in [1.29, 1.82) is 5.26 Å². The fourth-order valence-electron chi connectivity index (χ4n) is 3.45. The molecule has 9 heteroatoms. The van der Waals surface area contributed by atoms with E-state index in [0.29, 0.717) is 42.5 Å². The minimum atomic E-state index is -0.380. The molecule has 0 spiro atoms. The van der Waals surface area contributed by atoms with Crippen molar-refractivity contribution in [2.45, 2.75) is 25.8 Å². The van der Waals surface area contributed by atoms with Gasteiger partial charge in [-0.25, -0.2) is 4.98 Å². The van der Waals surface area contributed by atoms with Crippen molar-refractivity contribution < 1.29 is 9.72 Å². The first-order valence-electron chi connectivity index (χ1n) is 9.60. The van der Waals surface area contributed by atoms with Gasteiger partial charge in [0, 0.05) is 37.9 Å². The van der Waals surface area contributed by atoms with Gasteiger partial charge in [-0.15, -0.1) is 0 Å². The smallest absolute Gasteiger partial charge is 0.292 e. The normalized spacial score (nSPS) is 13.8. The van der Waals surface area contributed by atoms with Gasteiger partial charge < -0.3 is 9.80 Å². The number of benzene rings is 1. The number of carbonyl (C=O) groups is 1. The van der Waals surface area contributed by atoms with Crippen LogP contribution in [-0.4, -0.2) is 52.6 Å². The number of amides is 1. The van der Waals surface area contributed by atoms with Crippen molar-refractivity contribution in [3.8, 4) is 6.07 Å². The van der Waals surface area contributed by atoms with Crippen LogP contribution in [0, 0.1) is 42.2 Å². The fraction of sp³-hybridized carbons (Fsp3) is 0.381. The number of aryl methyl sites for hydroxylation is 1. The highest BCUT2D eigenvalue weighted by atomic mass is 32.2. The van der Waals surface area contributed by atoms with Crippen LogP contribution < -0.4 is 4.90 Å². The maximum atomic E-state index is 12.7. The summed E-state index contributed by atoms with van der Waals surface area (Å²) in [6, 6.07) is 8.87. The van der Waals surface area contributed by atoms with E-state index < -0.39 is 0 Å². The van der Waals surface area contributed by atoms with Gasteiger partial charge in [-0.3, -0.25) is 14.9 Å². The summed E-state index contributed by atoms with van der Waals surface area (Å²) in [5.74, 6) is 0.179. The van der Waals surface area contributed by atoms with Gasteiger partial charge in [0.25, 0.3) is 5.69 Å². The Morgan fingerprint density at radius 1 is 1.20 bits per heavy atom. The molecular formula is C21H23N5O3S. The molecule has 1 saturated heterocycles. The Labute approximate surface area is 179 Å². The van der Waals surface area contributed by atoms with Crippen LogP contribution in [0.2, 0.25) is 0 Å². The summed E-state index contributed by atoms with van der Waals surface area (Å²) < 4.78 is 0. The van der Waals surface area contributed by atoms with E-state index in [2.05, 4.69) is 11.1 Å². The second-order valence-electron chi connectivity index (χ2n) is 7.14. The molecule has 2 aromatic rings. The molecule has 3 rings (SSSR count). The van der Waals surface area contributed by atoms with E-state index in [-0.39, 0.29) is 22.3 Å². The molecule has 2 heterocycles. The predicted octanol–water partition coefficient (Wildman–Crippen LogP) is 3.23. The zero-order chi connectivity index (χ0) is 21.8. The van der Waals surface area contributed by atoms with Gasteiger partial charge in [0.2, 0.25) is 5.91 Å². The van der Waals surface area contributed by atoms with Crippen LogP contribution in [0.25, 0.3) is 0 Å². The third kappa shape index (κ3) is 4.39. The molecule has 1 aliphatic heterocycles. The van der Waals surface area contributed by atoms with Crippen LogP contribution >= 0.6 is 11.8 Å². The molecule has 0 N–H and O–H groups in total. The van der Waals surface area contributed by atoms with E-state index in [1.807, 2.05) is 25.7 Å². The zero-order valence-electron chi connectivity index (χ0n) is 17.2. The van der Waals surface area contributed by atoms with Crippen LogP contribution in [0.1, 0.15) is 22.4 Å². The summed E-state index contributed by atoms with van der Waals surface area (Å²) >= 11 is 1.29. The van der Waals surface area contributed by atoms with Crippen LogP contribution in [0.15, 0.2) is 29.3 Å². The number of hydrogen-bond donors (Lipinski definition) is 0. The lowest BCUT2D eigenvalue weighted by Crippen LogP contribution is -2.49. The lowest BCUT2D eigenvalue weighted by molar-refractivity contribution is -0.384. The van der Waals surface area contributed by atoms with Crippen molar-refractivity contribution in [2.24, 2.45) is 0 Å². The van der Waals surface area contributed by atoms with E-state index in [1.165, 1.54) is 17.8 Å². The number of aromatic nitrogens is 1. The molecule has 0 saturated carbocycles. The number of carbonyl (C=O) groups excluding carboxylic acids is 1. The van der Waals surface area contributed by atoms with E-state index in [1.54, 1.807) is 23.1 Å². The minimum Gasteiger partial charge on any atom is -0.362 e. The topological polar surface area (TPSA) is 103 Å². The quantitative estimate of drug-likeness (QED) is 0.411. The highest BCUT2D eigenvalue weighted by Gasteiger charge is 2.26. The third-order valence-electron chi connectivity index (χ3n) is 5.46. The lowest BCUT2D eigenvalue weighted by Gasteiger charge is -2.35. The first-order valence-corrected chi connectivity index (χ1v) is 10.6. The number of hydrogen-bond acceptors (Lipinski definition) is 7. The summed E-state index contributed by atoms with van der Waals surface area (Å²) in [6.45, 7) is 7.80. The Balaban J connectivity index is 1.62. The largest absolute Gasteiger partial charge is 0.362 e. The number of thioether (sulfide) groups is 1. The van der Waals surface area contributed by atoms with Crippen LogP contribution in [0.3, 0.4) is 0 Å². The first-order chi connectivity index (χ1) is 14.3. The Kier molecular flexibility index (Phi) is 6.57. The monoisotopic (exact) mass is 425 g/mol. The van der Waals surface area contributed by atoms with Crippen molar-refractivity contribution in [1.82, 2.24) is 9.88 Å². The molecule has 1 amide bonds. The van der Waals surface area contributed by atoms with Crippen molar-refractivity contribution in [2.75, 3.05) is 36.8 Å². The highest BCUT2D eigenvalue weighted by molar-refractivity contribution is 8.00. The molecule has 1 aromatic carbocycles. The van der Waals surface area contributed by atoms with E-state index in [9.17, 15) is 20.2 Å². The Morgan fingerprint density at radius 3 is 2.50 bits per heavy atom. The van der Waals surface area contributed by atoms with Crippen LogP contribution in [-0.2, 0) is 4.79 Å². The van der Waals surface area contributed by atoms with Crippen LogP contribution in [0.4, 0.5) is 11.4 Å². The van der Waals surface area contributed by atoms with E-state index >= 15 is 0 Å². The molecule has 0 aliphatic carbocycles. The molecule has 30 heavy (non-hydrogen) atoms. The van der Waals surface area contributed by atoms with Crippen molar-refractivity contribution in [3.63, 3.8) is 0 Å². The molecule has 1 aliphatic rings. The molecule has 1 fully saturated rings. The SMILES string of the molecule is Cc1nc(SCC(=O)N2CCN(c3ccccc3[N+](=O)[O-])CC2)c(C#N)c(C)c1C. The number of para-hydroxylation sites is 2. The molecule has 156 valence electrons. The number of rotatable bonds is 5. The number of anilines is 1. The van der Waals surface area contributed by atoms with Gasteiger partial charge in [0.1, 0.15) is 16.8 Å². The number of nitro groups is 1. The predicted molar refractivity (Wildman–Crippen MR) is 116 cm³/mol. The van der Waals surface area contributed by atoms with Gasteiger partial charge in [0.15, 0.2) is 0 Å². The number of nitrogens with zero attached hydrogens (tertiary/aromatic N) is 5. The van der Waals surface area contributed by atoms with E-state index in [4.69, 9.17) is 0 Å². The minimum absolute atomic E-state index is 0.0243. The second kappa shape index (κ2) is 9.13. The number of nitriles is 1. The molecular weight excluding hydrogens is 402 g/mol. The number of nitro benzene ring substituents is 1. The number of piperazine rings is 1. The fourth-order valence-corrected chi connectivity index (χ4v) is 4.44. The molecule has 1 aromatic heterocycles. The van der Waals surface area contributed by atoms with Gasteiger partial charge in [-0.05, 0) is 38.0 Å². The second-order valence-corrected chi connectivity index (χ2v) is 8.11. The van der Waals surface area contributed by atoms with Crippen molar-refractivity contribution >= 4 is 29.0 Å². The third-order valence-corrected chi connectivity index (χ3v) is 6.42. The summed E-state index contributed by atoms with van der Waals surface area (Å²) in [4.78, 5) is 31.8. The maximum absolute atomic E-state index is 12.7. The lowest BCUT2D eigenvalue weighted by atomic mass is 10.1. The summed E-state index contributed by atoms with van der Waals surface area (Å²) in [5.41, 5.74) is 3.94. The van der Waals surface area contributed by atoms with Crippen molar-refractivity contribution in [3.05, 3.63) is 56.8 Å². The standard InChI is InChI=1S/C21H23N5O3S/c1-14-15(2)17(12-22)21(23-16(14)3)30-13-20(27)25-10-8-24(9-11-25)18-6-4-5-7-19(18)26(28)29/h4-7H,8-11,13H2,1-3H3. The Morgan fingerprint density at radius 2 is 1.87 bits per heavy atom. The average Bonchev–Trinajstić information content (AvgIpc) is 2.76. The summed E-state index contributed by atoms with van der Waals surface area (Å²) in [7, 11) is 0. The summed E-state index contributed by atoms with van der Waals surface area (Å²) in [5, 5.41) is 21.3. The Bertz CT molecular complexity index is 1030.